The molecular weight excluding hydrogens is 294 g/mol. The average molecular weight is 312 g/mol. The summed E-state index contributed by atoms with van der Waals surface area (Å²) in [6.07, 6.45) is 2.96. The van der Waals surface area contributed by atoms with Crippen molar-refractivity contribution in [3.05, 3.63) is 38.9 Å². The van der Waals surface area contributed by atoms with Gasteiger partial charge in [-0.25, -0.2) is 0 Å². The summed E-state index contributed by atoms with van der Waals surface area (Å²) in [6, 6.07) is 4.04. The van der Waals surface area contributed by atoms with Gasteiger partial charge in [-0.15, -0.1) is 0 Å². The Kier molecular flexibility index (Phi) is 4.80. The normalized spacial score (nSPS) is 21.3. The summed E-state index contributed by atoms with van der Waals surface area (Å²) in [5.41, 5.74) is 5.80. The van der Waals surface area contributed by atoms with Crippen LogP contribution in [0.25, 0.3) is 0 Å². The van der Waals surface area contributed by atoms with Crippen LogP contribution in [0.2, 0.25) is 5.02 Å². The average Bonchev–Trinajstić information content (AvgIpc) is 2.93. The Morgan fingerprint density at radius 1 is 1.48 bits per heavy atom. The molecule has 2 unspecified atom stereocenters. The Morgan fingerprint density at radius 2 is 2.19 bits per heavy atom. The molecule has 1 saturated carbocycles. The van der Waals surface area contributed by atoms with Gasteiger partial charge in [0.05, 0.1) is 4.92 Å². The highest BCUT2D eigenvalue weighted by atomic mass is 35.5. The van der Waals surface area contributed by atoms with E-state index in [9.17, 15) is 14.9 Å². The molecule has 1 aromatic carbocycles. The summed E-state index contributed by atoms with van der Waals surface area (Å²) in [4.78, 5) is 24.5. The van der Waals surface area contributed by atoms with E-state index in [1.54, 1.807) is 11.9 Å². The standard InChI is InChI=1S/C14H18ClN3O3/c1-17(13-4-2-3-9(13)8-16)14(19)10-5-11(15)7-12(6-10)18(20)21/h5-7,9,13H,2-4,8,16H2,1H3. The number of rotatable bonds is 4. The van der Waals surface area contributed by atoms with Gasteiger partial charge in [-0.2, -0.15) is 0 Å². The predicted molar refractivity (Wildman–Crippen MR) is 80.4 cm³/mol. The molecule has 0 aromatic heterocycles. The van der Waals surface area contributed by atoms with Crippen LogP contribution in [-0.2, 0) is 0 Å². The van der Waals surface area contributed by atoms with E-state index in [0.717, 1.165) is 19.3 Å². The van der Waals surface area contributed by atoms with E-state index in [2.05, 4.69) is 0 Å². The molecule has 6 nitrogen and oxygen atoms in total. The Morgan fingerprint density at radius 3 is 2.81 bits per heavy atom. The molecule has 1 fully saturated rings. The summed E-state index contributed by atoms with van der Waals surface area (Å²) in [5, 5.41) is 11.0. The van der Waals surface area contributed by atoms with Crippen molar-refractivity contribution in [2.45, 2.75) is 25.3 Å². The first-order valence-corrected chi connectivity index (χ1v) is 7.24. The molecule has 0 bridgehead atoms. The van der Waals surface area contributed by atoms with Gasteiger partial charge in [0.15, 0.2) is 0 Å². The molecule has 0 aliphatic heterocycles. The number of nitro benzene ring substituents is 1. The van der Waals surface area contributed by atoms with Crippen LogP contribution in [0.1, 0.15) is 29.6 Å². The van der Waals surface area contributed by atoms with Gasteiger partial charge >= 0.3 is 0 Å². The van der Waals surface area contributed by atoms with Crippen LogP contribution >= 0.6 is 11.6 Å². The third-order valence-electron chi connectivity index (χ3n) is 4.08. The number of nitrogens with zero attached hydrogens (tertiary/aromatic N) is 2. The number of hydrogen-bond donors (Lipinski definition) is 1. The lowest BCUT2D eigenvalue weighted by molar-refractivity contribution is -0.384. The molecule has 2 N–H and O–H groups in total. The van der Waals surface area contributed by atoms with Crippen LogP contribution in [0, 0.1) is 16.0 Å². The van der Waals surface area contributed by atoms with Gasteiger partial charge in [0.1, 0.15) is 0 Å². The molecule has 21 heavy (non-hydrogen) atoms. The van der Waals surface area contributed by atoms with E-state index >= 15 is 0 Å². The van der Waals surface area contributed by atoms with E-state index in [0.29, 0.717) is 6.54 Å². The Balaban J connectivity index is 2.25. The molecule has 2 rings (SSSR count). The molecule has 0 heterocycles. The highest BCUT2D eigenvalue weighted by Crippen LogP contribution is 2.30. The summed E-state index contributed by atoms with van der Waals surface area (Å²) in [6.45, 7) is 0.540. The van der Waals surface area contributed by atoms with Gasteiger partial charge in [0, 0.05) is 35.8 Å². The highest BCUT2D eigenvalue weighted by molar-refractivity contribution is 6.31. The molecule has 1 aromatic rings. The summed E-state index contributed by atoms with van der Waals surface area (Å²) in [7, 11) is 1.72. The lowest BCUT2D eigenvalue weighted by atomic mass is 10.0. The Hall–Kier alpha value is -1.66. The molecule has 0 radical (unpaired) electrons. The molecule has 1 aliphatic rings. The van der Waals surface area contributed by atoms with Gasteiger partial charge in [-0.05, 0) is 31.4 Å². The molecule has 114 valence electrons. The van der Waals surface area contributed by atoms with Gasteiger partial charge in [-0.1, -0.05) is 18.0 Å². The second-order valence-electron chi connectivity index (χ2n) is 5.37. The Labute approximate surface area is 128 Å². The zero-order chi connectivity index (χ0) is 15.6. The number of carbonyl (C=O) groups is 1. The third-order valence-corrected chi connectivity index (χ3v) is 4.30. The maximum atomic E-state index is 12.5. The topological polar surface area (TPSA) is 89.5 Å². The molecule has 1 aliphatic carbocycles. The summed E-state index contributed by atoms with van der Waals surface area (Å²) in [5.74, 6) is 0.0269. The largest absolute Gasteiger partial charge is 0.338 e. The fourth-order valence-corrected chi connectivity index (χ4v) is 3.19. The van der Waals surface area contributed by atoms with Gasteiger partial charge < -0.3 is 10.6 Å². The van der Waals surface area contributed by atoms with E-state index in [1.807, 2.05) is 0 Å². The van der Waals surface area contributed by atoms with Crippen LogP contribution in [-0.4, -0.2) is 35.4 Å². The van der Waals surface area contributed by atoms with Crippen LogP contribution < -0.4 is 5.73 Å². The van der Waals surface area contributed by atoms with Crippen molar-refractivity contribution in [2.75, 3.05) is 13.6 Å². The van der Waals surface area contributed by atoms with Crippen molar-refractivity contribution >= 4 is 23.2 Å². The zero-order valence-electron chi connectivity index (χ0n) is 11.8. The fraction of sp³-hybridized carbons (Fsp3) is 0.500. The van der Waals surface area contributed by atoms with Gasteiger partial charge in [-0.3, -0.25) is 14.9 Å². The number of amides is 1. The minimum absolute atomic E-state index is 0.0838. The number of hydrogen-bond acceptors (Lipinski definition) is 4. The maximum Gasteiger partial charge on any atom is 0.271 e. The first kappa shape index (κ1) is 15.7. The molecular formula is C14H18ClN3O3. The smallest absolute Gasteiger partial charge is 0.271 e. The second-order valence-corrected chi connectivity index (χ2v) is 5.80. The molecule has 0 spiro atoms. The quantitative estimate of drug-likeness (QED) is 0.683. The molecule has 2 atom stereocenters. The summed E-state index contributed by atoms with van der Waals surface area (Å²) < 4.78 is 0. The lowest BCUT2D eigenvalue weighted by Crippen LogP contribution is -2.41. The van der Waals surface area contributed by atoms with Gasteiger partial charge in [0.2, 0.25) is 0 Å². The first-order chi connectivity index (χ1) is 9.93. The van der Waals surface area contributed by atoms with E-state index in [-0.39, 0.29) is 34.1 Å². The zero-order valence-corrected chi connectivity index (χ0v) is 12.5. The molecule has 0 saturated heterocycles. The molecule has 7 heteroatoms. The third kappa shape index (κ3) is 3.33. The van der Waals surface area contributed by atoms with Crippen molar-refractivity contribution in [1.29, 1.82) is 0 Å². The first-order valence-electron chi connectivity index (χ1n) is 6.86. The second kappa shape index (κ2) is 6.41. The monoisotopic (exact) mass is 311 g/mol. The lowest BCUT2D eigenvalue weighted by Gasteiger charge is -2.29. The molecule has 1 amide bonds. The number of carbonyl (C=O) groups excluding carboxylic acids is 1. The minimum Gasteiger partial charge on any atom is -0.338 e. The van der Waals surface area contributed by atoms with Crippen LogP contribution in [0.15, 0.2) is 18.2 Å². The SMILES string of the molecule is CN(C(=O)c1cc(Cl)cc([N+](=O)[O-])c1)C1CCCC1CN. The minimum atomic E-state index is -0.555. The van der Waals surface area contributed by atoms with Crippen molar-refractivity contribution < 1.29 is 9.72 Å². The Bertz CT molecular complexity index is 564. The van der Waals surface area contributed by atoms with E-state index in [4.69, 9.17) is 17.3 Å². The van der Waals surface area contributed by atoms with Crippen LogP contribution in [0.5, 0.6) is 0 Å². The van der Waals surface area contributed by atoms with Crippen molar-refractivity contribution in [3.8, 4) is 0 Å². The fourth-order valence-electron chi connectivity index (χ4n) is 2.96. The number of benzene rings is 1. The van der Waals surface area contributed by atoms with Crippen LogP contribution in [0.3, 0.4) is 0 Å². The number of non-ortho nitro benzene ring substituents is 1. The van der Waals surface area contributed by atoms with Crippen molar-refractivity contribution in [2.24, 2.45) is 11.7 Å². The maximum absolute atomic E-state index is 12.5. The van der Waals surface area contributed by atoms with E-state index < -0.39 is 4.92 Å². The van der Waals surface area contributed by atoms with E-state index in [1.165, 1.54) is 18.2 Å². The number of halogens is 1. The van der Waals surface area contributed by atoms with Crippen molar-refractivity contribution in [3.63, 3.8) is 0 Å². The van der Waals surface area contributed by atoms with Gasteiger partial charge in [0.25, 0.3) is 11.6 Å². The van der Waals surface area contributed by atoms with Crippen molar-refractivity contribution in [1.82, 2.24) is 4.90 Å². The predicted octanol–water partition coefficient (Wildman–Crippen LogP) is 2.45. The van der Waals surface area contributed by atoms with Crippen LogP contribution in [0.4, 0.5) is 5.69 Å². The highest BCUT2D eigenvalue weighted by Gasteiger charge is 2.32. The number of nitrogens with two attached hydrogens (primary N) is 1. The summed E-state index contributed by atoms with van der Waals surface area (Å²) >= 11 is 5.86. The number of nitro groups is 1.